The van der Waals surface area contributed by atoms with E-state index in [1.807, 2.05) is 0 Å². The van der Waals surface area contributed by atoms with Gasteiger partial charge in [0.15, 0.2) is 6.10 Å². The monoisotopic (exact) mass is 375 g/mol. The highest BCUT2D eigenvalue weighted by atomic mass is 16.6. The number of H-pyrrole nitrogens is 1. The molecule has 0 aliphatic heterocycles. The second-order valence-corrected chi connectivity index (χ2v) is 6.00. The molecule has 0 saturated heterocycles. The van der Waals surface area contributed by atoms with Crippen molar-refractivity contribution in [1.82, 2.24) is 9.97 Å². The molecule has 0 aromatic carbocycles. The molecule has 144 valence electrons. The van der Waals surface area contributed by atoms with Gasteiger partial charge in [0.2, 0.25) is 11.5 Å². The first-order valence-corrected chi connectivity index (χ1v) is 8.36. The van der Waals surface area contributed by atoms with Crippen LogP contribution in [0.15, 0.2) is 12.1 Å². The number of aromatic amines is 1. The van der Waals surface area contributed by atoms with E-state index < -0.39 is 28.6 Å². The highest BCUT2D eigenvalue weighted by Gasteiger charge is 2.28. The van der Waals surface area contributed by atoms with Gasteiger partial charge in [-0.25, -0.2) is 4.79 Å². The number of nitrogens with one attached hydrogen (secondary N) is 1. The first-order valence-electron chi connectivity index (χ1n) is 8.36. The Kier molecular flexibility index (Phi) is 5.94. The molecule has 0 radical (unpaired) electrons. The second-order valence-electron chi connectivity index (χ2n) is 6.00. The number of rotatable bonds is 7. The molecule has 9 heteroatoms. The zero-order valence-corrected chi connectivity index (χ0v) is 15.8. The summed E-state index contributed by atoms with van der Waals surface area (Å²) in [5.74, 6) is -1.52. The lowest BCUT2D eigenvalue weighted by molar-refractivity contribution is -0.390. The lowest BCUT2D eigenvalue weighted by atomic mass is 10.1. The van der Waals surface area contributed by atoms with Gasteiger partial charge in [0.25, 0.3) is 0 Å². The van der Waals surface area contributed by atoms with Crippen LogP contribution in [0.2, 0.25) is 0 Å². The summed E-state index contributed by atoms with van der Waals surface area (Å²) >= 11 is 0. The molecule has 1 N–H and O–H groups in total. The maximum atomic E-state index is 12.8. The molecule has 0 saturated carbocycles. The molecule has 2 heterocycles. The maximum absolute atomic E-state index is 12.8. The van der Waals surface area contributed by atoms with Gasteiger partial charge in [0.1, 0.15) is 5.69 Å². The summed E-state index contributed by atoms with van der Waals surface area (Å²) in [6.07, 6.45) is -1.03. The van der Waals surface area contributed by atoms with Crippen LogP contribution in [0.3, 0.4) is 0 Å². The molecule has 1 atom stereocenters. The number of Topliss-reactive ketones (excluding diaryl/α,β-unsaturated/α-hetero) is 1. The number of nitrogens with zero attached hydrogens (tertiary/aromatic N) is 2. The molecular formula is C18H21N3O6. The topological polar surface area (TPSA) is 124 Å². The normalized spacial score (nSPS) is 11.7. The predicted molar refractivity (Wildman–Crippen MR) is 96.3 cm³/mol. The zero-order chi connectivity index (χ0) is 20.3. The third kappa shape index (κ3) is 4.13. The quantitative estimate of drug-likeness (QED) is 0.341. The average molecular weight is 375 g/mol. The fraction of sp³-hybridized carbons (Fsp3) is 0.389. The van der Waals surface area contributed by atoms with E-state index in [0.29, 0.717) is 22.5 Å². The van der Waals surface area contributed by atoms with Crippen molar-refractivity contribution in [2.75, 3.05) is 6.61 Å². The molecule has 27 heavy (non-hydrogen) atoms. The molecule has 2 aromatic heterocycles. The summed E-state index contributed by atoms with van der Waals surface area (Å²) in [5, 5.41) is 11.2. The van der Waals surface area contributed by atoms with E-state index in [1.54, 1.807) is 33.8 Å². The van der Waals surface area contributed by atoms with Crippen molar-refractivity contribution in [1.29, 1.82) is 0 Å². The molecule has 9 nitrogen and oxygen atoms in total. The van der Waals surface area contributed by atoms with E-state index in [-0.39, 0.29) is 18.1 Å². The van der Waals surface area contributed by atoms with Crippen LogP contribution in [-0.4, -0.2) is 39.4 Å². The maximum Gasteiger partial charge on any atom is 0.406 e. The summed E-state index contributed by atoms with van der Waals surface area (Å²) < 4.78 is 10.5. The Balaban J connectivity index is 2.30. The van der Waals surface area contributed by atoms with Gasteiger partial charge in [-0.1, -0.05) is 0 Å². The molecule has 2 aromatic rings. The van der Waals surface area contributed by atoms with Gasteiger partial charge in [0, 0.05) is 12.6 Å². The minimum atomic E-state index is -1.03. The summed E-state index contributed by atoms with van der Waals surface area (Å²) in [6.45, 7) is 8.30. The van der Waals surface area contributed by atoms with E-state index >= 15 is 0 Å². The highest BCUT2D eigenvalue weighted by molar-refractivity contribution is 6.03. The van der Waals surface area contributed by atoms with Crippen LogP contribution in [0.5, 0.6) is 5.75 Å². The Labute approximate surface area is 155 Å². The minimum absolute atomic E-state index is 0.0991. The van der Waals surface area contributed by atoms with Crippen molar-refractivity contribution in [2.45, 2.75) is 40.7 Å². The molecule has 0 fully saturated rings. The van der Waals surface area contributed by atoms with E-state index in [1.165, 1.54) is 13.0 Å². The van der Waals surface area contributed by atoms with Crippen LogP contribution in [0.4, 0.5) is 5.82 Å². The summed E-state index contributed by atoms with van der Waals surface area (Å²) in [5.41, 5.74) is 1.91. The van der Waals surface area contributed by atoms with E-state index in [9.17, 15) is 19.7 Å². The van der Waals surface area contributed by atoms with Gasteiger partial charge in [0.05, 0.1) is 17.9 Å². The van der Waals surface area contributed by atoms with Gasteiger partial charge in [-0.2, -0.15) is 0 Å². The number of aromatic nitrogens is 2. The van der Waals surface area contributed by atoms with Gasteiger partial charge in [-0.15, -0.1) is 0 Å². The van der Waals surface area contributed by atoms with Crippen LogP contribution in [-0.2, 0) is 4.74 Å². The van der Waals surface area contributed by atoms with Crippen LogP contribution >= 0.6 is 0 Å². The molecule has 0 bridgehead atoms. The largest absolute Gasteiger partial charge is 0.474 e. The van der Waals surface area contributed by atoms with E-state index in [2.05, 4.69) is 9.97 Å². The van der Waals surface area contributed by atoms with Gasteiger partial charge >= 0.3 is 11.8 Å². The predicted octanol–water partition coefficient (Wildman–Crippen LogP) is 3.07. The van der Waals surface area contributed by atoms with Crippen LogP contribution in [0.25, 0.3) is 0 Å². The lowest BCUT2D eigenvalue weighted by Gasteiger charge is -2.13. The van der Waals surface area contributed by atoms with Crippen LogP contribution in [0, 0.1) is 30.9 Å². The molecule has 0 aliphatic carbocycles. The Morgan fingerprint density at radius 1 is 1.30 bits per heavy atom. The number of hydrogen-bond acceptors (Lipinski definition) is 7. The van der Waals surface area contributed by atoms with Crippen molar-refractivity contribution >= 4 is 17.6 Å². The van der Waals surface area contributed by atoms with Crippen molar-refractivity contribution in [3.63, 3.8) is 0 Å². The van der Waals surface area contributed by atoms with Crippen molar-refractivity contribution in [2.24, 2.45) is 0 Å². The van der Waals surface area contributed by atoms with Gasteiger partial charge in [-0.3, -0.25) is 4.79 Å². The van der Waals surface area contributed by atoms with Gasteiger partial charge in [-0.05, 0) is 55.3 Å². The molecule has 1 unspecified atom stereocenters. The summed E-state index contributed by atoms with van der Waals surface area (Å²) in [6, 6.07) is 2.96. The van der Waals surface area contributed by atoms with Crippen molar-refractivity contribution < 1.29 is 24.0 Å². The lowest BCUT2D eigenvalue weighted by Crippen LogP contribution is -2.25. The number of ether oxygens (including phenoxy) is 2. The minimum Gasteiger partial charge on any atom is -0.474 e. The fourth-order valence-electron chi connectivity index (χ4n) is 2.71. The molecule has 0 aliphatic rings. The first-order chi connectivity index (χ1) is 12.7. The summed E-state index contributed by atoms with van der Waals surface area (Å²) in [7, 11) is 0. The Morgan fingerprint density at radius 2 is 1.96 bits per heavy atom. The third-order valence-electron chi connectivity index (χ3n) is 3.99. The number of ketones is 1. The Morgan fingerprint density at radius 3 is 2.56 bits per heavy atom. The van der Waals surface area contributed by atoms with Crippen LogP contribution in [0.1, 0.15) is 51.6 Å². The fourth-order valence-corrected chi connectivity index (χ4v) is 2.71. The molecule has 2 rings (SSSR count). The number of nitro groups is 1. The number of hydrogen-bond donors (Lipinski definition) is 1. The molecule has 0 amide bonds. The molecule has 0 spiro atoms. The smallest absolute Gasteiger partial charge is 0.406 e. The summed E-state index contributed by atoms with van der Waals surface area (Å²) in [4.78, 5) is 42.0. The van der Waals surface area contributed by atoms with Crippen LogP contribution < -0.4 is 4.74 Å². The number of carbonyl (C=O) groups excluding carboxylic acids is 2. The van der Waals surface area contributed by atoms with E-state index in [0.717, 1.165) is 0 Å². The number of esters is 1. The zero-order valence-electron chi connectivity index (χ0n) is 15.8. The number of aryl methyl sites for hydroxylation is 2. The van der Waals surface area contributed by atoms with Crippen molar-refractivity contribution in [3.05, 3.63) is 50.5 Å². The Bertz CT molecular complexity index is 903. The Hall–Kier alpha value is -3.23. The van der Waals surface area contributed by atoms with E-state index in [4.69, 9.17) is 9.47 Å². The molecular weight excluding hydrogens is 354 g/mol. The first kappa shape index (κ1) is 20.1. The number of carbonyl (C=O) groups is 2. The SMILES string of the molecule is CCOC(=O)c1c(C)[nH]c(C(=O)C(C)Oc2ccc(C)nc2[N+](=O)[O-])c1C. The standard InChI is InChI=1S/C18H21N3O6/c1-6-26-18(23)14-10(3)15(20-11(14)4)16(22)12(5)27-13-8-7-9(2)19-17(13)21(24)25/h7-8,12,20H,6H2,1-5H3. The van der Waals surface area contributed by atoms with Crippen molar-refractivity contribution in [3.8, 4) is 5.75 Å². The third-order valence-corrected chi connectivity index (χ3v) is 3.99. The van der Waals surface area contributed by atoms with Gasteiger partial charge < -0.3 is 24.6 Å². The highest BCUT2D eigenvalue weighted by Crippen LogP contribution is 2.27. The number of pyridine rings is 1. The second kappa shape index (κ2) is 7.98. The average Bonchev–Trinajstić information content (AvgIpc) is 2.90.